The Morgan fingerprint density at radius 2 is 1.41 bits per heavy atom. The highest BCUT2D eigenvalue weighted by atomic mass is 14.6. The summed E-state index contributed by atoms with van der Waals surface area (Å²) in [6.07, 6.45) is 9.11. The van der Waals surface area contributed by atoms with Crippen LogP contribution in [0, 0.1) is 24.7 Å². The number of rotatable bonds is 1. The monoisotopic (exact) mass is 226 g/mol. The van der Waals surface area contributed by atoms with Gasteiger partial charge >= 0.3 is 0 Å². The van der Waals surface area contributed by atoms with Crippen LogP contribution >= 0.6 is 0 Å². The molecule has 17 heavy (non-hydrogen) atoms. The fraction of sp³-hybridized carbons (Fsp3) is 0.647. The van der Waals surface area contributed by atoms with Crippen molar-refractivity contribution in [3.63, 3.8) is 0 Å². The molecule has 0 heteroatoms. The Hall–Kier alpha value is -0.780. The summed E-state index contributed by atoms with van der Waals surface area (Å²) in [6, 6.07) is 9.18. The Bertz CT molecular complexity index is 408. The average Bonchev–Trinajstić information content (AvgIpc) is 2.27. The number of aryl methyl sites for hydroxylation is 1. The molecule has 4 fully saturated rings. The minimum Gasteiger partial charge on any atom is -0.0620 e. The largest absolute Gasteiger partial charge is 0.0620 e. The molecule has 0 atom stereocenters. The van der Waals surface area contributed by atoms with E-state index >= 15 is 0 Å². The van der Waals surface area contributed by atoms with Gasteiger partial charge in [0.15, 0.2) is 0 Å². The summed E-state index contributed by atoms with van der Waals surface area (Å²) in [5.74, 6) is 3.17. The molecule has 90 valence electrons. The molecular weight excluding hydrogens is 204 g/mol. The molecule has 4 saturated carbocycles. The Morgan fingerprint density at radius 3 is 1.94 bits per heavy atom. The molecule has 4 aliphatic rings. The lowest BCUT2D eigenvalue weighted by atomic mass is 9.47. The summed E-state index contributed by atoms with van der Waals surface area (Å²) >= 11 is 0. The molecule has 0 aliphatic heterocycles. The smallest absolute Gasteiger partial charge is 0.00364 e. The minimum atomic E-state index is 0.583. The van der Waals surface area contributed by atoms with Gasteiger partial charge in [-0.05, 0) is 79.7 Å². The van der Waals surface area contributed by atoms with Crippen LogP contribution in [0.1, 0.15) is 49.7 Å². The van der Waals surface area contributed by atoms with Crippen LogP contribution in [0.2, 0.25) is 0 Å². The third kappa shape index (κ3) is 1.42. The van der Waals surface area contributed by atoms with E-state index < -0.39 is 0 Å². The molecule has 0 saturated heterocycles. The van der Waals surface area contributed by atoms with Gasteiger partial charge < -0.3 is 0 Å². The number of benzene rings is 1. The van der Waals surface area contributed by atoms with Gasteiger partial charge in [-0.3, -0.25) is 0 Å². The molecule has 0 heterocycles. The van der Waals surface area contributed by atoms with E-state index in [-0.39, 0.29) is 0 Å². The fourth-order valence-corrected chi connectivity index (χ4v) is 5.61. The van der Waals surface area contributed by atoms with E-state index in [0.717, 1.165) is 17.8 Å². The lowest BCUT2D eigenvalue weighted by Crippen LogP contribution is -2.48. The van der Waals surface area contributed by atoms with Crippen LogP contribution in [-0.2, 0) is 5.41 Å². The number of hydrogen-bond acceptors (Lipinski definition) is 0. The van der Waals surface area contributed by atoms with Crippen molar-refractivity contribution in [2.75, 3.05) is 0 Å². The minimum absolute atomic E-state index is 0.583. The highest BCUT2D eigenvalue weighted by molar-refractivity contribution is 5.35. The van der Waals surface area contributed by atoms with Crippen molar-refractivity contribution in [3.05, 3.63) is 35.4 Å². The van der Waals surface area contributed by atoms with Crippen LogP contribution in [0.15, 0.2) is 24.3 Å². The van der Waals surface area contributed by atoms with Crippen LogP contribution < -0.4 is 0 Å². The summed E-state index contributed by atoms with van der Waals surface area (Å²) in [6.45, 7) is 2.31. The first-order valence-corrected chi connectivity index (χ1v) is 7.31. The van der Waals surface area contributed by atoms with E-state index in [1.807, 2.05) is 0 Å². The summed E-state index contributed by atoms with van der Waals surface area (Å²) < 4.78 is 0. The van der Waals surface area contributed by atoms with Crippen molar-refractivity contribution in [3.8, 4) is 0 Å². The lowest BCUT2D eigenvalue weighted by Gasteiger charge is -2.57. The highest BCUT2D eigenvalue weighted by Crippen LogP contribution is 2.61. The second-order valence-electron chi connectivity index (χ2n) is 7.01. The van der Waals surface area contributed by atoms with Crippen molar-refractivity contribution in [2.45, 2.75) is 50.9 Å². The standard InChI is InChI=1S/C17H22/c1-12-4-2-3-5-16(12)17-9-13-6-14(10-17)8-15(7-13)11-17/h2-5,13-15H,6-11H2,1H3. The average molecular weight is 226 g/mol. The quantitative estimate of drug-likeness (QED) is 0.663. The van der Waals surface area contributed by atoms with Gasteiger partial charge in [0.2, 0.25) is 0 Å². The van der Waals surface area contributed by atoms with Crippen LogP contribution in [0.25, 0.3) is 0 Å². The zero-order valence-corrected chi connectivity index (χ0v) is 10.8. The second-order valence-corrected chi connectivity index (χ2v) is 7.01. The first-order chi connectivity index (χ1) is 8.25. The maximum absolute atomic E-state index is 2.42. The molecule has 0 radical (unpaired) electrons. The van der Waals surface area contributed by atoms with E-state index in [1.54, 1.807) is 24.8 Å². The van der Waals surface area contributed by atoms with Crippen LogP contribution in [0.4, 0.5) is 0 Å². The first kappa shape index (κ1) is 10.2. The summed E-state index contributed by atoms with van der Waals surface area (Å²) in [5, 5.41) is 0. The SMILES string of the molecule is Cc1ccccc1C12CC3CC(CC(C3)C1)C2. The van der Waals surface area contributed by atoms with Crippen LogP contribution in [-0.4, -0.2) is 0 Å². The van der Waals surface area contributed by atoms with E-state index in [2.05, 4.69) is 31.2 Å². The summed E-state index contributed by atoms with van der Waals surface area (Å²) in [4.78, 5) is 0. The molecule has 1 aromatic carbocycles. The van der Waals surface area contributed by atoms with E-state index in [4.69, 9.17) is 0 Å². The molecule has 4 aliphatic carbocycles. The second kappa shape index (κ2) is 3.37. The maximum atomic E-state index is 2.42. The van der Waals surface area contributed by atoms with E-state index in [1.165, 1.54) is 24.8 Å². The normalized spacial score (nSPS) is 43.0. The lowest BCUT2D eigenvalue weighted by molar-refractivity contribution is -0.00546. The van der Waals surface area contributed by atoms with Gasteiger partial charge in [0.1, 0.15) is 0 Å². The molecule has 0 amide bonds. The third-order valence-corrected chi connectivity index (χ3v) is 5.75. The third-order valence-electron chi connectivity index (χ3n) is 5.75. The molecule has 0 unspecified atom stereocenters. The van der Waals surface area contributed by atoms with Gasteiger partial charge in [0, 0.05) is 0 Å². The molecule has 0 aromatic heterocycles. The molecule has 0 spiro atoms. The zero-order valence-electron chi connectivity index (χ0n) is 10.8. The molecule has 5 rings (SSSR count). The molecule has 1 aromatic rings. The Balaban J connectivity index is 1.80. The van der Waals surface area contributed by atoms with Crippen LogP contribution in [0.5, 0.6) is 0 Å². The van der Waals surface area contributed by atoms with Crippen LogP contribution in [0.3, 0.4) is 0 Å². The van der Waals surface area contributed by atoms with Gasteiger partial charge in [-0.2, -0.15) is 0 Å². The van der Waals surface area contributed by atoms with Crippen molar-refractivity contribution < 1.29 is 0 Å². The van der Waals surface area contributed by atoms with Gasteiger partial charge in [-0.15, -0.1) is 0 Å². The van der Waals surface area contributed by atoms with Crippen molar-refractivity contribution in [1.29, 1.82) is 0 Å². The molecule has 0 nitrogen and oxygen atoms in total. The summed E-state index contributed by atoms with van der Waals surface area (Å²) in [7, 11) is 0. The van der Waals surface area contributed by atoms with E-state index in [0.29, 0.717) is 5.41 Å². The maximum Gasteiger partial charge on any atom is -0.00364 e. The van der Waals surface area contributed by atoms with Gasteiger partial charge in [-0.25, -0.2) is 0 Å². The Morgan fingerprint density at radius 1 is 0.882 bits per heavy atom. The number of hydrogen-bond donors (Lipinski definition) is 0. The molecule has 4 bridgehead atoms. The Labute approximate surface area is 104 Å². The predicted octanol–water partition coefficient (Wildman–Crippen LogP) is 4.46. The van der Waals surface area contributed by atoms with Crippen molar-refractivity contribution in [1.82, 2.24) is 0 Å². The summed E-state index contributed by atoms with van der Waals surface area (Å²) in [5.41, 5.74) is 3.81. The molecular formula is C17H22. The molecule has 0 N–H and O–H groups in total. The predicted molar refractivity (Wildman–Crippen MR) is 71.0 cm³/mol. The fourth-order valence-electron chi connectivity index (χ4n) is 5.61. The zero-order chi connectivity index (χ0) is 11.5. The Kier molecular flexibility index (Phi) is 2.02. The topological polar surface area (TPSA) is 0 Å². The van der Waals surface area contributed by atoms with Crippen molar-refractivity contribution >= 4 is 0 Å². The van der Waals surface area contributed by atoms with Gasteiger partial charge in [-0.1, -0.05) is 24.3 Å². The van der Waals surface area contributed by atoms with Crippen molar-refractivity contribution in [2.24, 2.45) is 17.8 Å². The van der Waals surface area contributed by atoms with Gasteiger partial charge in [0.25, 0.3) is 0 Å². The first-order valence-electron chi connectivity index (χ1n) is 7.31. The van der Waals surface area contributed by atoms with E-state index in [9.17, 15) is 0 Å². The van der Waals surface area contributed by atoms with Gasteiger partial charge in [0.05, 0.1) is 0 Å². The highest BCUT2D eigenvalue weighted by Gasteiger charge is 2.51.